The molecule has 0 aliphatic carbocycles. The molecule has 2 aliphatic rings. The largest absolute Gasteiger partial charge is 0.349 e. The van der Waals surface area contributed by atoms with Crippen LogP contribution in [0.3, 0.4) is 0 Å². The first-order valence-corrected chi connectivity index (χ1v) is 9.11. The van der Waals surface area contributed by atoms with Gasteiger partial charge in [0, 0.05) is 5.92 Å². The van der Waals surface area contributed by atoms with E-state index in [1.54, 1.807) is 0 Å². The third-order valence-electron chi connectivity index (χ3n) is 6.25. The molecule has 4 atom stereocenters. The van der Waals surface area contributed by atoms with Crippen molar-refractivity contribution in [2.24, 2.45) is 11.8 Å². The second-order valence-corrected chi connectivity index (χ2v) is 7.30. The van der Waals surface area contributed by atoms with E-state index in [1.807, 2.05) is 42.5 Å². The Bertz CT molecular complexity index is 966. The van der Waals surface area contributed by atoms with E-state index in [9.17, 15) is 4.79 Å². The van der Waals surface area contributed by atoms with Crippen LogP contribution in [-0.2, 0) is 20.7 Å². The lowest BCUT2D eigenvalue weighted by atomic mass is 9.61. The van der Waals surface area contributed by atoms with Crippen LogP contribution < -0.4 is 0 Å². The highest BCUT2D eigenvalue weighted by molar-refractivity contribution is 5.68. The van der Waals surface area contributed by atoms with E-state index in [0.29, 0.717) is 0 Å². The van der Waals surface area contributed by atoms with Crippen molar-refractivity contribution in [2.75, 3.05) is 0 Å². The zero-order valence-corrected chi connectivity index (χ0v) is 14.6. The number of hydrogen-bond donors (Lipinski definition) is 0. The molecule has 3 aromatic rings. The maximum Gasteiger partial charge on any atom is 0.130 e. The van der Waals surface area contributed by atoms with Crippen LogP contribution in [0.4, 0.5) is 0 Å². The van der Waals surface area contributed by atoms with Gasteiger partial charge >= 0.3 is 0 Å². The summed E-state index contributed by atoms with van der Waals surface area (Å²) in [6, 6.07) is 28.9. The van der Waals surface area contributed by atoms with E-state index >= 15 is 0 Å². The van der Waals surface area contributed by atoms with Crippen LogP contribution in [0.5, 0.6) is 0 Å². The van der Waals surface area contributed by atoms with E-state index in [-0.39, 0.29) is 11.8 Å². The number of aldehydes is 1. The van der Waals surface area contributed by atoms with Crippen LogP contribution in [-0.4, -0.2) is 6.29 Å². The summed E-state index contributed by atoms with van der Waals surface area (Å²) in [5.41, 5.74) is 3.13. The first-order valence-electron chi connectivity index (χ1n) is 9.11. The van der Waals surface area contributed by atoms with Crippen LogP contribution in [0.15, 0.2) is 84.9 Å². The standard InChI is InChI=1S/C24H20O2/c1-17-22(16-25)24(19-12-6-3-7-13-19)21-15-9-8-14-20(21)23(17,26-24)18-10-4-2-5-11-18/h2-17,22H,1H3/t17?,22-,23?,24?/m1/s1. The minimum Gasteiger partial charge on any atom is -0.349 e. The van der Waals surface area contributed by atoms with Crippen LogP contribution in [0, 0.1) is 11.8 Å². The Morgan fingerprint density at radius 1 is 0.731 bits per heavy atom. The topological polar surface area (TPSA) is 26.3 Å². The van der Waals surface area contributed by atoms with Crippen molar-refractivity contribution in [3.05, 3.63) is 107 Å². The fourth-order valence-electron chi connectivity index (χ4n) is 5.15. The molecule has 3 aromatic carbocycles. The smallest absolute Gasteiger partial charge is 0.130 e. The molecule has 1 saturated heterocycles. The first kappa shape index (κ1) is 15.5. The van der Waals surface area contributed by atoms with E-state index in [4.69, 9.17) is 4.74 Å². The molecule has 2 heterocycles. The summed E-state index contributed by atoms with van der Waals surface area (Å²) in [6.45, 7) is 2.15. The summed E-state index contributed by atoms with van der Waals surface area (Å²) in [5, 5.41) is 0. The van der Waals surface area contributed by atoms with Gasteiger partial charge in [-0.3, -0.25) is 0 Å². The molecule has 0 spiro atoms. The van der Waals surface area contributed by atoms with E-state index in [0.717, 1.165) is 23.0 Å². The van der Waals surface area contributed by atoms with Gasteiger partial charge in [0.05, 0.1) is 5.92 Å². The third-order valence-corrected chi connectivity index (χ3v) is 6.25. The van der Waals surface area contributed by atoms with Gasteiger partial charge in [0.2, 0.25) is 0 Å². The molecule has 0 saturated carbocycles. The average Bonchev–Trinajstić information content (AvgIpc) is 3.17. The number of hydrogen-bond acceptors (Lipinski definition) is 2. The summed E-state index contributed by atoms with van der Waals surface area (Å²) < 4.78 is 6.97. The summed E-state index contributed by atoms with van der Waals surface area (Å²) in [5.74, 6) is -0.197. The zero-order valence-electron chi connectivity index (χ0n) is 14.6. The van der Waals surface area contributed by atoms with Crippen LogP contribution in [0.1, 0.15) is 29.2 Å². The molecule has 3 unspecified atom stereocenters. The molecule has 0 aromatic heterocycles. The number of ether oxygens (including phenoxy) is 1. The molecule has 5 rings (SSSR count). The second kappa shape index (κ2) is 5.39. The minimum absolute atomic E-state index is 0.0394. The third kappa shape index (κ3) is 1.68. The Balaban J connectivity index is 1.87. The van der Waals surface area contributed by atoms with Crippen molar-refractivity contribution < 1.29 is 9.53 Å². The van der Waals surface area contributed by atoms with Crippen LogP contribution >= 0.6 is 0 Å². The Morgan fingerprint density at radius 2 is 1.19 bits per heavy atom. The predicted octanol–water partition coefficient (Wildman–Crippen LogP) is 4.67. The summed E-state index contributed by atoms with van der Waals surface area (Å²) in [6.07, 6.45) is 1.10. The van der Waals surface area contributed by atoms with Crippen molar-refractivity contribution in [1.29, 1.82) is 0 Å². The van der Waals surface area contributed by atoms with E-state index in [2.05, 4.69) is 49.4 Å². The fourth-order valence-corrected chi connectivity index (χ4v) is 5.15. The number of fused-ring (bicyclic) bond motifs is 5. The van der Waals surface area contributed by atoms with Crippen molar-refractivity contribution >= 4 is 6.29 Å². The number of benzene rings is 3. The minimum atomic E-state index is -0.727. The SMILES string of the molecule is CC1[C@@H](C=O)C2(c3ccccc3)OC1(c1ccccc1)c1ccccc12. The van der Waals surface area contributed by atoms with Gasteiger partial charge in [-0.15, -0.1) is 0 Å². The van der Waals surface area contributed by atoms with E-state index in [1.165, 1.54) is 5.56 Å². The van der Waals surface area contributed by atoms with Crippen LogP contribution in [0.25, 0.3) is 0 Å². The Hall–Kier alpha value is -2.71. The summed E-state index contributed by atoms with van der Waals surface area (Å²) in [7, 11) is 0. The molecule has 2 aliphatic heterocycles. The molecule has 0 amide bonds. The van der Waals surface area contributed by atoms with E-state index < -0.39 is 11.2 Å². The maximum atomic E-state index is 12.3. The highest BCUT2D eigenvalue weighted by Crippen LogP contribution is 2.67. The van der Waals surface area contributed by atoms with Gasteiger partial charge in [-0.1, -0.05) is 91.9 Å². The Labute approximate surface area is 153 Å². The molecule has 2 bridgehead atoms. The molecule has 128 valence electrons. The molecule has 26 heavy (non-hydrogen) atoms. The average molecular weight is 340 g/mol. The second-order valence-electron chi connectivity index (χ2n) is 7.30. The van der Waals surface area contributed by atoms with Gasteiger partial charge in [-0.25, -0.2) is 0 Å². The molecule has 2 heteroatoms. The monoisotopic (exact) mass is 340 g/mol. The fraction of sp³-hybridized carbons (Fsp3) is 0.208. The highest BCUT2D eigenvalue weighted by atomic mass is 16.5. The van der Waals surface area contributed by atoms with Gasteiger partial charge in [-0.2, -0.15) is 0 Å². The van der Waals surface area contributed by atoms with Gasteiger partial charge in [0.15, 0.2) is 0 Å². The lowest BCUT2D eigenvalue weighted by molar-refractivity contribution is -0.116. The Kier molecular flexibility index (Phi) is 3.22. The highest BCUT2D eigenvalue weighted by Gasteiger charge is 2.69. The Morgan fingerprint density at radius 3 is 1.73 bits per heavy atom. The van der Waals surface area contributed by atoms with Crippen molar-refractivity contribution in [3.8, 4) is 0 Å². The predicted molar refractivity (Wildman–Crippen MR) is 101 cm³/mol. The molecule has 1 fully saturated rings. The van der Waals surface area contributed by atoms with Gasteiger partial charge in [-0.05, 0) is 22.3 Å². The lowest BCUT2D eigenvalue weighted by Gasteiger charge is -2.36. The molecular weight excluding hydrogens is 320 g/mol. The first-order chi connectivity index (χ1) is 12.7. The summed E-state index contributed by atoms with van der Waals surface area (Å²) >= 11 is 0. The van der Waals surface area contributed by atoms with Gasteiger partial charge in [0.1, 0.15) is 17.5 Å². The maximum absolute atomic E-state index is 12.3. The van der Waals surface area contributed by atoms with Crippen molar-refractivity contribution in [1.82, 2.24) is 0 Å². The quantitative estimate of drug-likeness (QED) is 0.648. The number of carbonyl (C=O) groups excluding carboxylic acids is 1. The van der Waals surface area contributed by atoms with Crippen molar-refractivity contribution in [2.45, 2.75) is 18.1 Å². The zero-order chi connectivity index (χ0) is 17.8. The molecule has 0 N–H and O–H groups in total. The van der Waals surface area contributed by atoms with Crippen LogP contribution in [0.2, 0.25) is 0 Å². The molecular formula is C24H20O2. The normalized spacial score (nSPS) is 31.6. The summed E-state index contributed by atoms with van der Waals surface area (Å²) in [4.78, 5) is 12.3. The lowest BCUT2D eigenvalue weighted by Crippen LogP contribution is -2.39. The number of rotatable bonds is 3. The molecule has 0 radical (unpaired) electrons. The molecule has 2 nitrogen and oxygen atoms in total. The van der Waals surface area contributed by atoms with Crippen molar-refractivity contribution in [3.63, 3.8) is 0 Å². The van der Waals surface area contributed by atoms with Gasteiger partial charge in [0.25, 0.3) is 0 Å². The van der Waals surface area contributed by atoms with Gasteiger partial charge < -0.3 is 9.53 Å². The number of carbonyl (C=O) groups is 1.